The molecule has 0 spiro atoms. The largest absolute Gasteiger partial charge is 0.491 e. The average molecular weight is 249 g/mol. The van der Waals surface area contributed by atoms with Crippen molar-refractivity contribution < 1.29 is 14.3 Å². The van der Waals surface area contributed by atoms with Gasteiger partial charge in [-0.3, -0.25) is 15.0 Å². The summed E-state index contributed by atoms with van der Waals surface area (Å²) < 4.78 is 5.49. The molecule has 0 fully saturated rings. The highest BCUT2D eigenvalue weighted by atomic mass is 16.5. The molecule has 1 heterocycles. The minimum Gasteiger partial charge on any atom is -0.491 e. The first-order valence-corrected chi connectivity index (χ1v) is 5.74. The third-order valence-corrected chi connectivity index (χ3v) is 2.75. The van der Waals surface area contributed by atoms with Crippen LogP contribution in [0.25, 0.3) is 0 Å². The Labute approximate surface area is 105 Å². The van der Waals surface area contributed by atoms with Gasteiger partial charge in [0.05, 0.1) is 18.7 Å². The van der Waals surface area contributed by atoms with E-state index in [-0.39, 0.29) is 18.2 Å². The van der Waals surface area contributed by atoms with Crippen molar-refractivity contribution in [2.75, 3.05) is 18.1 Å². The van der Waals surface area contributed by atoms with E-state index >= 15 is 0 Å². The SMILES string of the molecule is NNC(=O)CCN1C(=O)CCOc2ccccc21. The van der Waals surface area contributed by atoms with Gasteiger partial charge in [-0.05, 0) is 12.1 Å². The Bertz CT molecular complexity index is 462. The number of nitrogens with zero attached hydrogens (tertiary/aromatic N) is 1. The number of ether oxygens (including phenoxy) is 1. The van der Waals surface area contributed by atoms with Crippen molar-refractivity contribution in [3.05, 3.63) is 24.3 Å². The molecule has 0 bridgehead atoms. The summed E-state index contributed by atoms with van der Waals surface area (Å²) in [5.41, 5.74) is 2.75. The summed E-state index contributed by atoms with van der Waals surface area (Å²) >= 11 is 0. The van der Waals surface area contributed by atoms with Crippen molar-refractivity contribution in [2.24, 2.45) is 5.84 Å². The van der Waals surface area contributed by atoms with Crippen LogP contribution in [0.2, 0.25) is 0 Å². The van der Waals surface area contributed by atoms with Gasteiger partial charge in [0, 0.05) is 13.0 Å². The number of nitrogens with one attached hydrogen (secondary N) is 1. The van der Waals surface area contributed by atoms with Crippen molar-refractivity contribution in [1.82, 2.24) is 5.43 Å². The fraction of sp³-hybridized carbons (Fsp3) is 0.333. The fourth-order valence-electron chi connectivity index (χ4n) is 1.85. The summed E-state index contributed by atoms with van der Waals surface area (Å²) in [5, 5.41) is 0. The van der Waals surface area contributed by atoms with Crippen LogP contribution < -0.4 is 20.9 Å². The van der Waals surface area contributed by atoms with Gasteiger partial charge in [0.25, 0.3) is 0 Å². The Morgan fingerprint density at radius 2 is 2.22 bits per heavy atom. The maximum absolute atomic E-state index is 12.0. The Kier molecular flexibility index (Phi) is 3.78. The van der Waals surface area contributed by atoms with E-state index < -0.39 is 0 Å². The highest BCUT2D eigenvalue weighted by molar-refractivity contribution is 5.96. The van der Waals surface area contributed by atoms with Crippen LogP contribution in [-0.4, -0.2) is 25.0 Å². The first-order chi connectivity index (χ1) is 8.72. The van der Waals surface area contributed by atoms with Gasteiger partial charge in [-0.1, -0.05) is 12.1 Å². The number of carbonyl (C=O) groups is 2. The van der Waals surface area contributed by atoms with Crippen LogP contribution in [0.3, 0.4) is 0 Å². The van der Waals surface area contributed by atoms with Crippen molar-refractivity contribution >= 4 is 17.5 Å². The second kappa shape index (κ2) is 5.50. The number of nitrogens with two attached hydrogens (primary N) is 1. The zero-order chi connectivity index (χ0) is 13.0. The van der Waals surface area contributed by atoms with Crippen LogP contribution in [0.4, 0.5) is 5.69 Å². The van der Waals surface area contributed by atoms with Crippen molar-refractivity contribution in [3.63, 3.8) is 0 Å². The lowest BCUT2D eigenvalue weighted by atomic mass is 10.2. The zero-order valence-electron chi connectivity index (χ0n) is 9.89. The number of hydrogen-bond donors (Lipinski definition) is 2. The molecule has 0 saturated heterocycles. The topological polar surface area (TPSA) is 84.7 Å². The van der Waals surface area contributed by atoms with Gasteiger partial charge in [-0.25, -0.2) is 5.84 Å². The third-order valence-electron chi connectivity index (χ3n) is 2.75. The minimum absolute atomic E-state index is 0.0511. The second-order valence-electron chi connectivity index (χ2n) is 3.93. The van der Waals surface area contributed by atoms with Crippen LogP contribution >= 0.6 is 0 Å². The number of para-hydroxylation sites is 2. The first kappa shape index (κ1) is 12.4. The molecule has 18 heavy (non-hydrogen) atoms. The second-order valence-corrected chi connectivity index (χ2v) is 3.93. The Morgan fingerprint density at radius 1 is 1.44 bits per heavy atom. The average Bonchev–Trinajstić information content (AvgIpc) is 2.55. The predicted octanol–water partition coefficient (Wildman–Crippen LogP) is 0.182. The number of carbonyl (C=O) groups excluding carboxylic acids is 2. The summed E-state index contributed by atoms with van der Waals surface area (Å²) in [7, 11) is 0. The molecule has 6 heteroatoms. The van der Waals surface area contributed by atoms with Gasteiger partial charge < -0.3 is 9.64 Å². The van der Waals surface area contributed by atoms with Crippen molar-refractivity contribution in [2.45, 2.75) is 12.8 Å². The molecule has 96 valence electrons. The third kappa shape index (κ3) is 2.60. The van der Waals surface area contributed by atoms with E-state index in [4.69, 9.17) is 10.6 Å². The molecule has 2 amide bonds. The first-order valence-electron chi connectivity index (χ1n) is 5.74. The maximum Gasteiger partial charge on any atom is 0.235 e. The lowest BCUT2D eigenvalue weighted by molar-refractivity contribution is -0.121. The number of anilines is 1. The number of amides is 2. The molecule has 1 aromatic carbocycles. The molecule has 0 radical (unpaired) electrons. The molecule has 1 aliphatic rings. The van der Waals surface area contributed by atoms with E-state index in [2.05, 4.69) is 5.43 Å². The molecule has 1 aromatic rings. The number of rotatable bonds is 3. The molecule has 6 nitrogen and oxygen atoms in total. The molecule has 0 unspecified atom stereocenters. The lowest BCUT2D eigenvalue weighted by Crippen LogP contribution is -2.36. The van der Waals surface area contributed by atoms with E-state index in [1.165, 1.54) is 0 Å². The zero-order valence-corrected chi connectivity index (χ0v) is 9.89. The Morgan fingerprint density at radius 3 is 3.00 bits per heavy atom. The van der Waals surface area contributed by atoms with E-state index in [0.29, 0.717) is 31.0 Å². The summed E-state index contributed by atoms with van der Waals surface area (Å²) in [4.78, 5) is 24.7. The normalized spacial score (nSPS) is 14.5. The van der Waals surface area contributed by atoms with Crippen LogP contribution in [0.5, 0.6) is 5.75 Å². The van der Waals surface area contributed by atoms with E-state index in [1.807, 2.05) is 18.2 Å². The van der Waals surface area contributed by atoms with Gasteiger partial charge in [0.2, 0.25) is 11.8 Å². The number of benzene rings is 1. The molecule has 0 saturated carbocycles. The maximum atomic E-state index is 12.0. The monoisotopic (exact) mass is 249 g/mol. The van der Waals surface area contributed by atoms with Crippen LogP contribution in [0, 0.1) is 0 Å². The Hall–Kier alpha value is -2.08. The summed E-state index contributed by atoms with van der Waals surface area (Å²) in [6.07, 6.45) is 0.468. The van der Waals surface area contributed by atoms with Gasteiger partial charge in [0.15, 0.2) is 0 Å². The highest BCUT2D eigenvalue weighted by Gasteiger charge is 2.23. The van der Waals surface area contributed by atoms with E-state index in [1.54, 1.807) is 11.0 Å². The minimum atomic E-state index is -0.301. The number of hydrazine groups is 1. The van der Waals surface area contributed by atoms with Crippen molar-refractivity contribution in [3.8, 4) is 5.75 Å². The lowest BCUT2D eigenvalue weighted by Gasteiger charge is -2.21. The van der Waals surface area contributed by atoms with Crippen LogP contribution in [0.15, 0.2) is 24.3 Å². The molecule has 3 N–H and O–H groups in total. The molecular weight excluding hydrogens is 234 g/mol. The summed E-state index contributed by atoms with van der Waals surface area (Å²) in [6.45, 7) is 0.650. The van der Waals surface area contributed by atoms with E-state index in [0.717, 1.165) is 0 Å². The number of hydrogen-bond acceptors (Lipinski definition) is 4. The van der Waals surface area contributed by atoms with Gasteiger partial charge in [-0.2, -0.15) is 0 Å². The molecule has 0 atom stereocenters. The molecule has 0 aromatic heterocycles. The van der Waals surface area contributed by atoms with Gasteiger partial charge >= 0.3 is 0 Å². The molecule has 0 aliphatic carbocycles. The highest BCUT2D eigenvalue weighted by Crippen LogP contribution is 2.30. The number of fused-ring (bicyclic) bond motifs is 1. The standard InChI is InChI=1S/C12H15N3O3/c13-14-11(16)5-7-15-9-3-1-2-4-10(9)18-8-6-12(15)17/h1-4H,5-8,13H2,(H,14,16). The Balaban J connectivity index is 2.20. The van der Waals surface area contributed by atoms with Gasteiger partial charge in [0.1, 0.15) is 5.75 Å². The molecule has 1 aliphatic heterocycles. The summed E-state index contributed by atoms with van der Waals surface area (Å²) in [6, 6.07) is 7.29. The summed E-state index contributed by atoms with van der Waals surface area (Å²) in [5.74, 6) is 5.33. The van der Waals surface area contributed by atoms with Crippen molar-refractivity contribution in [1.29, 1.82) is 0 Å². The smallest absolute Gasteiger partial charge is 0.235 e. The van der Waals surface area contributed by atoms with Crippen LogP contribution in [-0.2, 0) is 9.59 Å². The van der Waals surface area contributed by atoms with Crippen LogP contribution in [0.1, 0.15) is 12.8 Å². The van der Waals surface area contributed by atoms with E-state index in [9.17, 15) is 9.59 Å². The fourth-order valence-corrected chi connectivity index (χ4v) is 1.85. The predicted molar refractivity (Wildman–Crippen MR) is 65.9 cm³/mol. The molecule has 2 rings (SSSR count). The molecular formula is C12H15N3O3. The quantitative estimate of drug-likeness (QED) is 0.455. The van der Waals surface area contributed by atoms with Gasteiger partial charge in [-0.15, -0.1) is 0 Å².